The Labute approximate surface area is 122 Å². The molecular formula is C14H25N3O2S. The second kappa shape index (κ2) is 8.36. The van der Waals surface area contributed by atoms with Crippen LogP contribution in [-0.2, 0) is 16.6 Å². The number of nitrogens with one attached hydrogen (secondary N) is 2. The van der Waals surface area contributed by atoms with Crippen LogP contribution in [0.1, 0.15) is 18.9 Å². The molecule has 0 saturated carbocycles. The first-order valence-corrected chi connectivity index (χ1v) is 8.38. The van der Waals surface area contributed by atoms with Gasteiger partial charge in [0.2, 0.25) is 10.0 Å². The SMILES string of the molecule is CCCNCc1ccccc1S(=O)(=O)NCCN(C)C. The van der Waals surface area contributed by atoms with Crippen LogP contribution < -0.4 is 10.0 Å². The van der Waals surface area contributed by atoms with E-state index in [9.17, 15) is 8.42 Å². The van der Waals surface area contributed by atoms with E-state index in [-0.39, 0.29) is 0 Å². The summed E-state index contributed by atoms with van der Waals surface area (Å²) in [6.07, 6.45) is 1.02. The summed E-state index contributed by atoms with van der Waals surface area (Å²) in [4.78, 5) is 2.30. The van der Waals surface area contributed by atoms with Crippen LogP contribution in [0.4, 0.5) is 0 Å². The van der Waals surface area contributed by atoms with Crippen LogP contribution in [0.2, 0.25) is 0 Å². The maximum Gasteiger partial charge on any atom is 0.240 e. The van der Waals surface area contributed by atoms with Gasteiger partial charge in [-0.05, 0) is 38.7 Å². The molecule has 1 rings (SSSR count). The Kier molecular flexibility index (Phi) is 7.15. The van der Waals surface area contributed by atoms with E-state index >= 15 is 0 Å². The van der Waals surface area contributed by atoms with Crippen molar-refractivity contribution in [2.75, 3.05) is 33.7 Å². The second-order valence-corrected chi connectivity index (χ2v) is 6.72. The lowest BCUT2D eigenvalue weighted by atomic mass is 10.2. The van der Waals surface area contributed by atoms with Gasteiger partial charge in [-0.3, -0.25) is 0 Å². The molecule has 0 radical (unpaired) electrons. The molecule has 20 heavy (non-hydrogen) atoms. The standard InChI is InChI=1S/C14H25N3O2S/c1-4-9-15-12-13-7-5-6-8-14(13)20(18,19)16-10-11-17(2)3/h5-8,15-16H,4,9-12H2,1-3H3. The predicted octanol–water partition coefficient (Wildman–Crippen LogP) is 1.03. The lowest BCUT2D eigenvalue weighted by Gasteiger charge is -2.14. The van der Waals surface area contributed by atoms with Gasteiger partial charge in [-0.2, -0.15) is 0 Å². The molecule has 1 aromatic rings. The van der Waals surface area contributed by atoms with Crippen molar-refractivity contribution in [3.8, 4) is 0 Å². The molecule has 0 aromatic heterocycles. The molecule has 0 aliphatic carbocycles. The third-order valence-electron chi connectivity index (χ3n) is 2.86. The highest BCUT2D eigenvalue weighted by molar-refractivity contribution is 7.89. The van der Waals surface area contributed by atoms with E-state index < -0.39 is 10.0 Å². The number of hydrogen-bond acceptors (Lipinski definition) is 4. The Morgan fingerprint density at radius 2 is 1.85 bits per heavy atom. The Morgan fingerprint density at radius 1 is 1.15 bits per heavy atom. The summed E-state index contributed by atoms with van der Waals surface area (Å²) in [5.41, 5.74) is 0.804. The third-order valence-corrected chi connectivity index (χ3v) is 4.42. The van der Waals surface area contributed by atoms with Crippen LogP contribution in [-0.4, -0.2) is 47.0 Å². The van der Waals surface area contributed by atoms with Crippen LogP contribution in [0.3, 0.4) is 0 Å². The molecule has 0 fully saturated rings. The molecule has 0 aliphatic rings. The summed E-state index contributed by atoms with van der Waals surface area (Å²) < 4.78 is 27.3. The molecule has 5 nitrogen and oxygen atoms in total. The van der Waals surface area contributed by atoms with Crippen LogP contribution in [0.5, 0.6) is 0 Å². The lowest BCUT2D eigenvalue weighted by Crippen LogP contribution is -2.32. The maximum absolute atomic E-state index is 12.3. The van der Waals surface area contributed by atoms with Gasteiger partial charge in [0.15, 0.2) is 0 Å². The molecule has 0 unspecified atom stereocenters. The van der Waals surface area contributed by atoms with Crippen molar-refractivity contribution >= 4 is 10.0 Å². The first-order valence-electron chi connectivity index (χ1n) is 6.90. The predicted molar refractivity (Wildman–Crippen MR) is 82.2 cm³/mol. The van der Waals surface area contributed by atoms with Crippen LogP contribution >= 0.6 is 0 Å². The van der Waals surface area contributed by atoms with Gasteiger partial charge in [-0.25, -0.2) is 13.1 Å². The molecule has 0 heterocycles. The minimum atomic E-state index is -3.44. The molecule has 6 heteroatoms. The zero-order chi connectivity index (χ0) is 15.0. The summed E-state index contributed by atoms with van der Waals surface area (Å²) in [5, 5.41) is 3.24. The van der Waals surface area contributed by atoms with Crippen LogP contribution in [0.15, 0.2) is 29.2 Å². The van der Waals surface area contributed by atoms with Crippen LogP contribution in [0, 0.1) is 0 Å². The minimum Gasteiger partial charge on any atom is -0.313 e. The summed E-state index contributed by atoms with van der Waals surface area (Å²) in [7, 11) is 0.387. The fourth-order valence-corrected chi connectivity index (χ4v) is 3.05. The van der Waals surface area contributed by atoms with E-state index in [1.807, 2.05) is 31.1 Å². The smallest absolute Gasteiger partial charge is 0.240 e. The van der Waals surface area contributed by atoms with Gasteiger partial charge >= 0.3 is 0 Å². The molecule has 0 saturated heterocycles. The van der Waals surface area contributed by atoms with Crippen molar-refractivity contribution in [3.05, 3.63) is 29.8 Å². The van der Waals surface area contributed by atoms with Gasteiger partial charge in [0.25, 0.3) is 0 Å². The zero-order valence-corrected chi connectivity index (χ0v) is 13.3. The van der Waals surface area contributed by atoms with Crippen molar-refractivity contribution in [3.63, 3.8) is 0 Å². The normalized spacial score (nSPS) is 12.0. The largest absolute Gasteiger partial charge is 0.313 e. The fraction of sp³-hybridized carbons (Fsp3) is 0.571. The van der Waals surface area contributed by atoms with E-state index in [0.29, 0.717) is 24.5 Å². The van der Waals surface area contributed by atoms with Crippen LogP contribution in [0.25, 0.3) is 0 Å². The first kappa shape index (κ1) is 17.1. The molecule has 0 amide bonds. The number of hydrogen-bond donors (Lipinski definition) is 2. The van der Waals surface area contributed by atoms with Crippen molar-refractivity contribution in [2.24, 2.45) is 0 Å². The minimum absolute atomic E-state index is 0.363. The number of nitrogens with zero attached hydrogens (tertiary/aromatic N) is 1. The fourth-order valence-electron chi connectivity index (χ4n) is 1.79. The first-order chi connectivity index (χ1) is 9.47. The summed E-state index contributed by atoms with van der Waals surface area (Å²) in [6.45, 7) is 4.61. The Bertz CT molecular complexity index is 501. The lowest BCUT2D eigenvalue weighted by molar-refractivity contribution is 0.412. The zero-order valence-electron chi connectivity index (χ0n) is 12.5. The molecule has 114 valence electrons. The van der Waals surface area contributed by atoms with Gasteiger partial charge in [0, 0.05) is 19.6 Å². The number of sulfonamides is 1. The Balaban J connectivity index is 2.77. The number of benzene rings is 1. The van der Waals surface area contributed by atoms with Gasteiger partial charge in [-0.15, -0.1) is 0 Å². The topological polar surface area (TPSA) is 61.4 Å². The molecule has 2 N–H and O–H groups in total. The average Bonchev–Trinajstić information content (AvgIpc) is 2.39. The van der Waals surface area contributed by atoms with E-state index in [0.717, 1.165) is 18.5 Å². The second-order valence-electron chi connectivity index (χ2n) is 4.99. The van der Waals surface area contributed by atoms with Crippen molar-refractivity contribution < 1.29 is 8.42 Å². The van der Waals surface area contributed by atoms with E-state index in [1.54, 1.807) is 12.1 Å². The molecule has 0 spiro atoms. The molecule has 1 aromatic carbocycles. The highest BCUT2D eigenvalue weighted by Crippen LogP contribution is 2.14. The number of rotatable bonds is 9. The average molecular weight is 299 g/mol. The van der Waals surface area contributed by atoms with Gasteiger partial charge < -0.3 is 10.2 Å². The molecule has 0 aliphatic heterocycles. The highest BCUT2D eigenvalue weighted by Gasteiger charge is 2.17. The third kappa shape index (κ3) is 5.58. The number of likely N-dealkylation sites (N-methyl/N-ethyl adjacent to an activating group) is 1. The van der Waals surface area contributed by atoms with Gasteiger partial charge in [0.1, 0.15) is 0 Å². The summed E-state index contributed by atoms with van der Waals surface area (Å²) in [5.74, 6) is 0. The highest BCUT2D eigenvalue weighted by atomic mass is 32.2. The van der Waals surface area contributed by atoms with Gasteiger partial charge in [0.05, 0.1) is 4.90 Å². The van der Waals surface area contributed by atoms with Gasteiger partial charge in [-0.1, -0.05) is 25.1 Å². The molecule has 0 bridgehead atoms. The van der Waals surface area contributed by atoms with E-state index in [2.05, 4.69) is 17.0 Å². The Hall–Kier alpha value is -0.950. The van der Waals surface area contributed by atoms with Crippen molar-refractivity contribution in [1.29, 1.82) is 0 Å². The van der Waals surface area contributed by atoms with Crippen molar-refractivity contribution in [2.45, 2.75) is 24.8 Å². The molecular weight excluding hydrogens is 274 g/mol. The van der Waals surface area contributed by atoms with E-state index in [1.165, 1.54) is 0 Å². The maximum atomic E-state index is 12.3. The van der Waals surface area contributed by atoms with E-state index in [4.69, 9.17) is 0 Å². The summed E-state index contributed by atoms with van der Waals surface area (Å²) in [6, 6.07) is 7.12. The summed E-state index contributed by atoms with van der Waals surface area (Å²) >= 11 is 0. The molecule has 0 atom stereocenters. The Morgan fingerprint density at radius 3 is 2.50 bits per heavy atom. The monoisotopic (exact) mass is 299 g/mol. The van der Waals surface area contributed by atoms with Crippen molar-refractivity contribution in [1.82, 2.24) is 14.9 Å². The quantitative estimate of drug-likeness (QED) is 0.669.